The number of amides is 3. The van der Waals surface area contributed by atoms with Crippen molar-refractivity contribution in [1.82, 2.24) is 25.3 Å². The Morgan fingerprint density at radius 1 is 1.15 bits per heavy atom. The fourth-order valence-corrected chi connectivity index (χ4v) is 6.26. The van der Waals surface area contributed by atoms with E-state index in [1.807, 2.05) is 24.0 Å². The number of carbonyl (C=O) groups is 3. The quantitative estimate of drug-likeness (QED) is 0.598. The Balaban J connectivity index is 1.29. The van der Waals surface area contributed by atoms with Crippen LogP contribution in [0.2, 0.25) is 0 Å². The molecule has 0 bridgehead atoms. The number of carbonyl (C=O) groups excluding carboxylic acids is 3. The zero-order valence-electron chi connectivity index (χ0n) is 22.7. The summed E-state index contributed by atoms with van der Waals surface area (Å²) in [7, 11) is 0. The van der Waals surface area contributed by atoms with Crippen LogP contribution >= 0.6 is 0 Å². The molecule has 0 radical (unpaired) electrons. The topological polar surface area (TPSA) is 109 Å². The number of rotatable bonds is 6. The Morgan fingerprint density at radius 3 is 2.62 bits per heavy atom. The molecule has 1 saturated heterocycles. The lowest BCUT2D eigenvalue weighted by atomic mass is 9.93. The van der Waals surface area contributed by atoms with Crippen molar-refractivity contribution >= 4 is 39.9 Å². The van der Waals surface area contributed by atoms with Gasteiger partial charge in [0.15, 0.2) is 0 Å². The van der Waals surface area contributed by atoms with Crippen molar-refractivity contribution in [2.75, 3.05) is 32.7 Å². The van der Waals surface area contributed by atoms with Gasteiger partial charge in [0.25, 0.3) is 11.8 Å². The van der Waals surface area contributed by atoms with Crippen molar-refractivity contribution in [2.45, 2.75) is 52.0 Å². The minimum atomic E-state index is -0.451. The molecule has 2 N–H and O–H groups in total. The normalized spacial score (nSPS) is 22.4. The van der Waals surface area contributed by atoms with E-state index in [4.69, 9.17) is 5.10 Å². The lowest BCUT2D eigenvalue weighted by molar-refractivity contribution is -0.136. The molecule has 3 amide bonds. The number of allylic oxidation sites excluding steroid dienone is 1. The first-order chi connectivity index (χ1) is 18.9. The van der Waals surface area contributed by atoms with Crippen LogP contribution < -0.4 is 10.6 Å². The summed E-state index contributed by atoms with van der Waals surface area (Å²) in [6, 6.07) is 4.45. The molecule has 1 saturated carbocycles. The highest BCUT2D eigenvalue weighted by atomic mass is 16.2. The van der Waals surface area contributed by atoms with Gasteiger partial charge >= 0.3 is 0 Å². The molecule has 39 heavy (non-hydrogen) atoms. The lowest BCUT2D eigenvalue weighted by Crippen LogP contribution is -2.52. The smallest absolute Gasteiger partial charge is 0.254 e. The van der Waals surface area contributed by atoms with Gasteiger partial charge in [0, 0.05) is 43.8 Å². The van der Waals surface area contributed by atoms with E-state index in [9.17, 15) is 14.4 Å². The molecule has 3 aliphatic heterocycles. The molecule has 204 valence electrons. The number of dihydropyridines is 1. The van der Waals surface area contributed by atoms with Crippen LogP contribution in [0.3, 0.4) is 0 Å². The van der Waals surface area contributed by atoms with Crippen LogP contribution in [0.4, 0.5) is 0 Å². The van der Waals surface area contributed by atoms with E-state index in [2.05, 4.69) is 32.5 Å². The van der Waals surface area contributed by atoms with Crippen molar-refractivity contribution in [3.05, 3.63) is 47.2 Å². The molecule has 6 rings (SSSR count). The van der Waals surface area contributed by atoms with Gasteiger partial charge in [-0.2, -0.15) is 5.10 Å². The maximum absolute atomic E-state index is 13.6. The van der Waals surface area contributed by atoms with Crippen molar-refractivity contribution in [2.24, 2.45) is 16.8 Å². The van der Waals surface area contributed by atoms with Gasteiger partial charge in [-0.05, 0) is 62.5 Å². The van der Waals surface area contributed by atoms with E-state index >= 15 is 0 Å². The predicted octanol–water partition coefficient (Wildman–Crippen LogP) is 3.28. The number of nitrogens with one attached hydrogen (secondary N) is 2. The minimum absolute atomic E-state index is 0.0940. The van der Waals surface area contributed by atoms with Crippen molar-refractivity contribution in [1.29, 1.82) is 0 Å². The maximum Gasteiger partial charge on any atom is 0.254 e. The molecule has 1 unspecified atom stereocenters. The summed E-state index contributed by atoms with van der Waals surface area (Å²) in [6.45, 7) is 6.71. The number of fused-ring (bicyclic) bond motifs is 1. The average Bonchev–Trinajstić information content (AvgIpc) is 3.56. The van der Waals surface area contributed by atoms with E-state index in [-0.39, 0.29) is 30.2 Å². The second-order valence-electron chi connectivity index (χ2n) is 11.3. The third kappa shape index (κ3) is 4.95. The minimum Gasteiger partial charge on any atom is -0.351 e. The summed E-state index contributed by atoms with van der Waals surface area (Å²) >= 11 is 0. The molecule has 9 heteroatoms. The Bertz CT molecular complexity index is 1420. The van der Waals surface area contributed by atoms with E-state index in [0.29, 0.717) is 30.4 Å². The average molecular weight is 529 g/mol. The second-order valence-corrected chi connectivity index (χ2v) is 11.3. The SMILES string of the molecule is CC1=CC(C)=NC(=O)C1CNC(=O)c1cc(C2=CCN(C(=O)C3CNC3)CC2)cc2c1cnn2C1CCCC1. The van der Waals surface area contributed by atoms with Crippen LogP contribution in [-0.2, 0) is 9.59 Å². The molecule has 9 nitrogen and oxygen atoms in total. The Kier molecular flexibility index (Phi) is 6.93. The number of nitrogens with zero attached hydrogens (tertiary/aromatic N) is 4. The standard InChI is InChI=1S/C30H36N6O3/c1-18-11-19(2)34-29(38)25(18)16-32-28(37)24-12-21(13-27-26(24)17-33-36(27)23-5-3-4-6-23)20-7-9-35(10-8-20)30(39)22-14-31-15-22/h7,11-13,17,22-23,25,31H,3-6,8-10,14-16H2,1-2H3,(H,32,37). The van der Waals surface area contributed by atoms with Gasteiger partial charge in [-0.1, -0.05) is 24.5 Å². The molecule has 1 aromatic heterocycles. The van der Waals surface area contributed by atoms with Gasteiger partial charge in [-0.3, -0.25) is 19.1 Å². The van der Waals surface area contributed by atoms with Gasteiger partial charge in [-0.25, -0.2) is 4.99 Å². The fourth-order valence-electron chi connectivity index (χ4n) is 6.26. The fraction of sp³-hybridized carbons (Fsp3) is 0.500. The number of benzene rings is 1. The summed E-state index contributed by atoms with van der Waals surface area (Å²) in [5.74, 6) is -0.570. The van der Waals surface area contributed by atoms with Crippen molar-refractivity contribution < 1.29 is 14.4 Å². The third-order valence-corrected chi connectivity index (χ3v) is 8.69. The van der Waals surface area contributed by atoms with Crippen molar-refractivity contribution in [3.8, 4) is 0 Å². The maximum atomic E-state index is 13.6. The molecule has 2 fully saturated rings. The number of aromatic nitrogens is 2. The van der Waals surface area contributed by atoms with Gasteiger partial charge < -0.3 is 15.5 Å². The molecule has 1 atom stereocenters. The van der Waals surface area contributed by atoms with Crippen LogP contribution in [0.15, 0.2) is 41.0 Å². The predicted molar refractivity (Wildman–Crippen MR) is 150 cm³/mol. The molecule has 0 spiro atoms. The van der Waals surface area contributed by atoms with Gasteiger partial charge in [-0.15, -0.1) is 0 Å². The number of hydrogen-bond donors (Lipinski definition) is 2. The Morgan fingerprint density at radius 2 is 1.95 bits per heavy atom. The molecule has 2 aromatic rings. The Hall–Kier alpha value is -3.59. The molecule has 4 aliphatic rings. The van der Waals surface area contributed by atoms with Gasteiger partial charge in [0.05, 0.1) is 35.2 Å². The van der Waals surface area contributed by atoms with E-state index in [1.165, 1.54) is 12.8 Å². The highest BCUT2D eigenvalue weighted by Crippen LogP contribution is 2.35. The summed E-state index contributed by atoms with van der Waals surface area (Å²) in [5.41, 5.74) is 5.27. The second kappa shape index (κ2) is 10.5. The molecule has 4 heterocycles. The first-order valence-electron chi connectivity index (χ1n) is 14.1. The zero-order valence-corrected chi connectivity index (χ0v) is 22.7. The Labute approximate surface area is 228 Å². The van der Waals surface area contributed by atoms with Crippen molar-refractivity contribution in [3.63, 3.8) is 0 Å². The zero-order chi connectivity index (χ0) is 27.1. The molecule has 1 aromatic carbocycles. The summed E-state index contributed by atoms with van der Waals surface area (Å²) in [4.78, 5) is 44.8. The number of hydrogen-bond acceptors (Lipinski definition) is 5. The van der Waals surface area contributed by atoms with Crippen LogP contribution in [0.25, 0.3) is 16.5 Å². The molecule has 1 aliphatic carbocycles. The van der Waals surface area contributed by atoms with Crippen LogP contribution in [0.5, 0.6) is 0 Å². The van der Waals surface area contributed by atoms with Crippen LogP contribution in [0, 0.1) is 11.8 Å². The number of aliphatic imine (C=N–C) groups is 1. The van der Waals surface area contributed by atoms with Gasteiger partial charge in [0.2, 0.25) is 5.91 Å². The van der Waals surface area contributed by atoms with Crippen LogP contribution in [-0.4, -0.2) is 70.8 Å². The lowest BCUT2D eigenvalue weighted by Gasteiger charge is -2.34. The van der Waals surface area contributed by atoms with E-state index in [1.54, 1.807) is 13.1 Å². The monoisotopic (exact) mass is 528 g/mol. The van der Waals surface area contributed by atoms with Crippen LogP contribution in [0.1, 0.15) is 67.9 Å². The summed E-state index contributed by atoms with van der Waals surface area (Å²) in [6.07, 6.45) is 11.1. The summed E-state index contributed by atoms with van der Waals surface area (Å²) in [5, 5.41) is 11.7. The van der Waals surface area contributed by atoms with Gasteiger partial charge in [0.1, 0.15) is 0 Å². The first-order valence-corrected chi connectivity index (χ1v) is 14.1. The molecular formula is C30H36N6O3. The summed E-state index contributed by atoms with van der Waals surface area (Å²) < 4.78 is 2.10. The first kappa shape index (κ1) is 25.7. The molecular weight excluding hydrogens is 492 g/mol. The highest BCUT2D eigenvalue weighted by Gasteiger charge is 2.31. The highest BCUT2D eigenvalue weighted by molar-refractivity contribution is 6.08. The third-order valence-electron chi connectivity index (χ3n) is 8.69. The largest absolute Gasteiger partial charge is 0.351 e. The van der Waals surface area contributed by atoms with E-state index < -0.39 is 5.92 Å². The van der Waals surface area contributed by atoms with E-state index in [0.717, 1.165) is 60.0 Å².